The molecule has 0 amide bonds. The quantitative estimate of drug-likeness (QED) is 0.517. The van der Waals surface area contributed by atoms with Gasteiger partial charge in [-0.05, 0) is 21.3 Å². The maximum absolute atomic E-state index is 10.9. The highest BCUT2D eigenvalue weighted by Gasteiger charge is 1.83. The van der Waals surface area contributed by atoms with Gasteiger partial charge in [0.15, 0.2) is 0 Å². The Morgan fingerprint density at radius 1 is 1.50 bits per heavy atom. The smallest absolute Gasteiger partial charge is 0.00431 e. The largest absolute Gasteiger partial charge is 0.268 e. The second-order valence-electron chi connectivity index (χ2n) is 2.26. The van der Waals surface area contributed by atoms with Crippen molar-refractivity contribution in [2.75, 3.05) is 12.5 Å². The summed E-state index contributed by atoms with van der Waals surface area (Å²) in [6, 6.07) is 0. The monoisotopic (exact) mass is 134 g/mol. The molecule has 0 aliphatic carbocycles. The Labute approximate surface area is 52.1 Å². The minimum atomic E-state index is -1.56. The molecule has 0 atom stereocenters. The van der Waals surface area contributed by atoms with Crippen LogP contribution in [0.2, 0.25) is 0 Å². The second kappa shape index (κ2) is 3.13. The first-order valence-electron chi connectivity index (χ1n) is 2.83. The molecule has 1 nitrogen and oxygen atoms in total. The summed E-state index contributed by atoms with van der Waals surface area (Å²) in [6.45, 7) is 2.08. The summed E-state index contributed by atoms with van der Waals surface area (Å²) < 4.78 is 10.9. The van der Waals surface area contributed by atoms with Crippen LogP contribution in [0.4, 0.5) is 0 Å². The lowest BCUT2D eigenvalue weighted by atomic mass is 10.4. The van der Waals surface area contributed by atoms with E-state index in [0.717, 1.165) is 12.8 Å². The van der Waals surface area contributed by atoms with Gasteiger partial charge in [-0.25, -0.2) is 0 Å². The Morgan fingerprint density at radius 3 is 2.12 bits per heavy atom. The number of rotatable bonds is 2. The Hall–Kier alpha value is 0.0200. The van der Waals surface area contributed by atoms with E-state index in [1.807, 2.05) is 5.37 Å². The number of unbranched alkanes of at least 4 members (excludes halogenated alkanes) is 1. The first-order valence-corrected chi connectivity index (χ1v) is 5.27. The van der Waals surface area contributed by atoms with Crippen molar-refractivity contribution in [1.82, 2.24) is 0 Å². The van der Waals surface area contributed by atoms with Crippen LogP contribution in [0.15, 0.2) is 0 Å². The van der Waals surface area contributed by atoms with Gasteiger partial charge in [0.25, 0.3) is 0 Å². The van der Waals surface area contributed by atoms with Gasteiger partial charge in [-0.2, -0.15) is 0 Å². The summed E-state index contributed by atoms with van der Waals surface area (Å²) in [5.41, 5.74) is 0. The van der Waals surface area contributed by atoms with Crippen molar-refractivity contribution in [2.45, 2.75) is 19.8 Å². The number of hydrogen-bond donors (Lipinski definition) is 0. The van der Waals surface area contributed by atoms with Crippen LogP contribution in [0, 0.1) is 0 Å². The van der Waals surface area contributed by atoms with Gasteiger partial charge in [-0.3, -0.25) is 4.21 Å². The van der Waals surface area contributed by atoms with E-state index in [-0.39, 0.29) is 0 Å². The normalized spacial score (nSPS) is 11.4. The predicted octanol–water partition coefficient (Wildman–Crippen LogP) is 1.13. The van der Waals surface area contributed by atoms with E-state index in [1.165, 1.54) is 0 Å². The molecule has 0 N–H and O–H groups in total. The first kappa shape index (κ1) is 8.02. The maximum atomic E-state index is 10.9. The molecular weight excluding hydrogens is 120 g/mol. The Kier molecular flexibility index (Phi) is 3.13. The van der Waals surface area contributed by atoms with Crippen LogP contribution in [0.3, 0.4) is 0 Å². The highest BCUT2D eigenvalue weighted by Crippen LogP contribution is 1.83. The summed E-state index contributed by atoms with van der Waals surface area (Å²) in [5, 5.41) is 1.90. The van der Waals surface area contributed by atoms with Gasteiger partial charge in [-0.1, -0.05) is 13.3 Å². The summed E-state index contributed by atoms with van der Waals surface area (Å²) in [6.07, 6.45) is 5.61. The lowest BCUT2D eigenvalue weighted by molar-refractivity contribution is 0.688. The molecular formula is C6H14OS. The Bertz CT molecular complexity index is 144. The van der Waals surface area contributed by atoms with E-state index in [4.69, 9.17) is 0 Å². The molecule has 8 heavy (non-hydrogen) atoms. The average Bonchev–Trinajstić information content (AvgIpc) is 1.59. The highest BCUT2D eigenvalue weighted by molar-refractivity contribution is 7.99. The lowest BCUT2D eigenvalue weighted by Gasteiger charge is -1.90. The van der Waals surface area contributed by atoms with Crippen molar-refractivity contribution >= 4 is 14.9 Å². The second-order valence-corrected chi connectivity index (χ2v) is 5.22. The van der Waals surface area contributed by atoms with Gasteiger partial charge in [-0.15, -0.1) is 0 Å². The Balaban J connectivity index is 3.78. The van der Waals surface area contributed by atoms with E-state index in [0.29, 0.717) is 0 Å². The third kappa shape index (κ3) is 6.02. The minimum Gasteiger partial charge on any atom is -0.268 e. The van der Waals surface area contributed by atoms with Crippen LogP contribution < -0.4 is 0 Å². The zero-order valence-corrected chi connectivity index (χ0v) is 6.62. The van der Waals surface area contributed by atoms with Gasteiger partial charge >= 0.3 is 0 Å². The molecule has 0 fully saturated rings. The molecule has 2 heteroatoms. The molecule has 50 valence electrons. The van der Waals surface area contributed by atoms with Crippen molar-refractivity contribution in [3.63, 3.8) is 0 Å². The van der Waals surface area contributed by atoms with Crippen LogP contribution in [-0.4, -0.2) is 22.1 Å². The standard InChI is InChI=1S/C6H14OS/c1-4-5-6-8(2,3)7/h6H,4-5H2,1-3H3. The molecule has 0 aliphatic rings. The fourth-order valence-corrected chi connectivity index (χ4v) is 1.20. The molecule has 0 saturated carbocycles. The molecule has 0 unspecified atom stereocenters. The molecule has 0 aromatic heterocycles. The van der Waals surface area contributed by atoms with Gasteiger partial charge in [0, 0.05) is 12.5 Å². The van der Waals surface area contributed by atoms with Crippen molar-refractivity contribution in [3.8, 4) is 0 Å². The molecule has 0 rings (SSSR count). The fraction of sp³-hybridized carbons (Fsp3) is 0.833. The molecule has 0 aromatic carbocycles. The minimum absolute atomic E-state index is 0.978. The van der Waals surface area contributed by atoms with Crippen molar-refractivity contribution in [2.24, 2.45) is 0 Å². The van der Waals surface area contributed by atoms with Crippen LogP contribution in [0.1, 0.15) is 19.8 Å². The van der Waals surface area contributed by atoms with Gasteiger partial charge in [0.2, 0.25) is 0 Å². The Morgan fingerprint density at radius 2 is 2.00 bits per heavy atom. The van der Waals surface area contributed by atoms with Crippen molar-refractivity contribution < 1.29 is 4.21 Å². The third-order valence-corrected chi connectivity index (χ3v) is 1.85. The molecule has 0 aliphatic heterocycles. The summed E-state index contributed by atoms with van der Waals surface area (Å²) in [7, 11) is -1.56. The van der Waals surface area contributed by atoms with Crippen LogP contribution in [0.5, 0.6) is 0 Å². The number of hydrogen-bond acceptors (Lipinski definition) is 1. The summed E-state index contributed by atoms with van der Waals surface area (Å²) in [4.78, 5) is 0. The van der Waals surface area contributed by atoms with E-state index in [2.05, 4.69) is 6.92 Å². The van der Waals surface area contributed by atoms with Gasteiger partial charge < -0.3 is 0 Å². The van der Waals surface area contributed by atoms with Crippen LogP contribution >= 0.6 is 0 Å². The van der Waals surface area contributed by atoms with Crippen molar-refractivity contribution in [3.05, 3.63) is 0 Å². The fourth-order valence-electron chi connectivity index (χ4n) is 0.402. The molecule has 0 spiro atoms. The topological polar surface area (TPSA) is 17.1 Å². The molecule has 0 saturated heterocycles. The highest BCUT2D eigenvalue weighted by atomic mass is 32.2. The lowest BCUT2D eigenvalue weighted by Crippen LogP contribution is -1.95. The SMILES string of the molecule is CCCC=S(C)(C)=O. The first-order chi connectivity index (χ1) is 3.56. The zero-order chi connectivity index (χ0) is 6.62. The average molecular weight is 134 g/mol. The molecule has 0 heterocycles. The third-order valence-electron chi connectivity index (χ3n) is 0.808. The van der Waals surface area contributed by atoms with Gasteiger partial charge in [0.1, 0.15) is 0 Å². The molecule has 0 aromatic rings. The van der Waals surface area contributed by atoms with E-state index in [9.17, 15) is 4.21 Å². The molecule has 0 radical (unpaired) electrons. The van der Waals surface area contributed by atoms with Crippen LogP contribution in [-0.2, 0) is 9.52 Å². The van der Waals surface area contributed by atoms with Crippen LogP contribution in [0.25, 0.3) is 0 Å². The van der Waals surface area contributed by atoms with Crippen molar-refractivity contribution in [1.29, 1.82) is 0 Å². The zero-order valence-electron chi connectivity index (χ0n) is 5.81. The maximum Gasteiger partial charge on any atom is 0.00431 e. The summed E-state index contributed by atoms with van der Waals surface area (Å²) in [5.74, 6) is 0. The van der Waals surface area contributed by atoms with E-state index >= 15 is 0 Å². The molecule has 0 bridgehead atoms. The van der Waals surface area contributed by atoms with Gasteiger partial charge in [0.05, 0.1) is 0 Å². The van der Waals surface area contributed by atoms with E-state index in [1.54, 1.807) is 12.5 Å². The van der Waals surface area contributed by atoms with E-state index < -0.39 is 9.52 Å². The summed E-state index contributed by atoms with van der Waals surface area (Å²) >= 11 is 0. The predicted molar refractivity (Wildman–Crippen MR) is 41.0 cm³/mol.